The Morgan fingerprint density at radius 2 is 1.56 bits per heavy atom. The van der Waals surface area contributed by atoms with E-state index in [1.54, 1.807) is 25.5 Å². The van der Waals surface area contributed by atoms with Gasteiger partial charge in [0, 0.05) is 26.7 Å². The molecule has 3 aromatic carbocycles. The van der Waals surface area contributed by atoms with Crippen molar-refractivity contribution in [1.82, 2.24) is 14.9 Å². The van der Waals surface area contributed by atoms with Crippen molar-refractivity contribution < 1.29 is 24.1 Å². The maximum atomic E-state index is 12.9. The van der Waals surface area contributed by atoms with E-state index in [1.807, 2.05) is 93.0 Å². The lowest BCUT2D eigenvalue weighted by Gasteiger charge is -2.37. The van der Waals surface area contributed by atoms with Crippen molar-refractivity contribution in [1.29, 1.82) is 0 Å². The van der Waals surface area contributed by atoms with Gasteiger partial charge in [0.15, 0.2) is 0 Å². The third-order valence-electron chi connectivity index (χ3n) is 7.43. The molecular weight excluding hydrogens is 548 g/mol. The predicted molar refractivity (Wildman–Crippen MR) is 163 cm³/mol. The third-order valence-corrected chi connectivity index (χ3v) is 7.43. The molecule has 224 valence electrons. The topological polar surface area (TPSA) is 118 Å². The molecule has 0 unspecified atom stereocenters. The summed E-state index contributed by atoms with van der Waals surface area (Å²) in [5, 5.41) is 11.1. The Morgan fingerprint density at radius 3 is 2.09 bits per heavy atom. The van der Waals surface area contributed by atoms with Crippen LogP contribution in [-0.4, -0.2) is 73.4 Å². The second kappa shape index (κ2) is 13.2. The molecule has 0 radical (unpaired) electrons. The minimum Gasteiger partial charge on any atom is -0.497 e. The van der Waals surface area contributed by atoms with Crippen LogP contribution in [0.5, 0.6) is 11.5 Å². The highest BCUT2D eigenvalue weighted by molar-refractivity contribution is 5.57. The van der Waals surface area contributed by atoms with E-state index in [4.69, 9.17) is 18.9 Å². The monoisotopic (exact) mass is 584 g/mol. The lowest BCUT2D eigenvalue weighted by molar-refractivity contribution is -0.0829. The molecule has 3 atom stereocenters. The molecule has 1 saturated heterocycles. The second-order valence-corrected chi connectivity index (χ2v) is 10.5. The van der Waals surface area contributed by atoms with Gasteiger partial charge in [-0.15, -0.1) is 0 Å². The number of aromatic amines is 1. The average molecular weight is 585 g/mol. The lowest BCUT2D eigenvalue weighted by Crippen LogP contribution is -2.38. The molecule has 4 aromatic rings. The van der Waals surface area contributed by atoms with Crippen LogP contribution in [0.1, 0.15) is 34.8 Å². The van der Waals surface area contributed by atoms with E-state index in [2.05, 4.69) is 15.0 Å². The maximum Gasteiger partial charge on any atom is 0.258 e. The Labute approximate surface area is 250 Å². The highest BCUT2D eigenvalue weighted by Gasteiger charge is 2.42. The SMILES string of the molecule is COc1ccc(C(OC[C@H]2O[C@@H](c3cnc(/N=C/N(C)C)[nH]c3=O)C[C@@H]2O)(c2ccccc2)c2ccc(OC)cc2)cc1. The maximum absolute atomic E-state index is 12.9. The van der Waals surface area contributed by atoms with Gasteiger partial charge in [-0.05, 0) is 41.0 Å². The summed E-state index contributed by atoms with van der Waals surface area (Å²) in [4.78, 5) is 25.7. The van der Waals surface area contributed by atoms with E-state index in [1.165, 1.54) is 6.20 Å². The minimum absolute atomic E-state index is 0.0428. The summed E-state index contributed by atoms with van der Waals surface area (Å²) in [5.74, 6) is 1.62. The Balaban J connectivity index is 1.47. The van der Waals surface area contributed by atoms with Gasteiger partial charge in [0.1, 0.15) is 23.2 Å². The quantitative estimate of drug-likeness (QED) is 0.153. The van der Waals surface area contributed by atoms with E-state index in [9.17, 15) is 9.90 Å². The van der Waals surface area contributed by atoms with Crippen LogP contribution in [0, 0.1) is 0 Å². The number of hydrogen-bond acceptors (Lipinski definition) is 8. The molecule has 10 heteroatoms. The fraction of sp³-hybridized carbons (Fsp3) is 0.303. The van der Waals surface area contributed by atoms with Gasteiger partial charge in [0.05, 0.1) is 44.9 Å². The zero-order chi connectivity index (χ0) is 30.4. The molecule has 2 heterocycles. The number of benzene rings is 3. The van der Waals surface area contributed by atoms with Crippen molar-refractivity contribution >= 4 is 12.3 Å². The van der Waals surface area contributed by atoms with Gasteiger partial charge in [-0.3, -0.25) is 9.78 Å². The van der Waals surface area contributed by atoms with Crippen molar-refractivity contribution in [2.45, 2.75) is 30.3 Å². The van der Waals surface area contributed by atoms with Gasteiger partial charge in [0.25, 0.3) is 5.56 Å². The first-order valence-electron chi connectivity index (χ1n) is 14.0. The zero-order valence-electron chi connectivity index (χ0n) is 24.6. The zero-order valence-corrected chi connectivity index (χ0v) is 24.6. The number of aliphatic hydroxyl groups excluding tert-OH is 1. The summed E-state index contributed by atoms with van der Waals surface area (Å²) >= 11 is 0. The minimum atomic E-state index is -1.06. The first kappa shape index (κ1) is 30.0. The smallest absolute Gasteiger partial charge is 0.258 e. The van der Waals surface area contributed by atoms with Crippen LogP contribution >= 0.6 is 0 Å². The number of ether oxygens (including phenoxy) is 4. The van der Waals surface area contributed by atoms with Gasteiger partial charge in [-0.1, -0.05) is 54.6 Å². The molecule has 5 rings (SSSR count). The van der Waals surface area contributed by atoms with Crippen molar-refractivity contribution in [2.75, 3.05) is 34.9 Å². The third kappa shape index (κ3) is 6.46. The number of aliphatic imine (C=N–C) groups is 1. The second-order valence-electron chi connectivity index (χ2n) is 10.5. The molecule has 1 aromatic heterocycles. The highest BCUT2D eigenvalue weighted by atomic mass is 16.6. The summed E-state index contributed by atoms with van der Waals surface area (Å²) in [6, 6.07) is 25.3. The first-order chi connectivity index (χ1) is 20.8. The summed E-state index contributed by atoms with van der Waals surface area (Å²) in [6.07, 6.45) is 1.00. The van der Waals surface area contributed by atoms with Gasteiger partial charge >= 0.3 is 0 Å². The van der Waals surface area contributed by atoms with E-state index in [0.717, 1.165) is 28.2 Å². The van der Waals surface area contributed by atoms with Crippen LogP contribution in [0.25, 0.3) is 0 Å². The van der Waals surface area contributed by atoms with Crippen LogP contribution in [0.4, 0.5) is 5.95 Å². The lowest BCUT2D eigenvalue weighted by atomic mass is 9.80. The summed E-state index contributed by atoms with van der Waals surface area (Å²) in [5.41, 5.74) is 1.52. The molecule has 43 heavy (non-hydrogen) atoms. The molecular formula is C33H36N4O6. The van der Waals surface area contributed by atoms with E-state index in [-0.39, 0.29) is 24.5 Å². The number of nitrogens with zero attached hydrogens (tertiary/aromatic N) is 3. The standard InChI is InChI=1S/C33H36N4O6/c1-37(2)21-35-32-34-19-27(31(39)36-32)29-18-28(38)30(43-29)20-42-33(22-8-6-5-7-9-22,23-10-14-25(40-3)15-11-23)24-12-16-26(41-4)17-13-24/h5-17,19,21,28-30,38H,18,20H2,1-4H3,(H,34,36,39)/b35-21+/t28-,29+,30+/m0/s1. The van der Waals surface area contributed by atoms with Gasteiger partial charge in [-0.2, -0.15) is 0 Å². The van der Waals surface area contributed by atoms with Gasteiger partial charge in [-0.25, -0.2) is 9.98 Å². The van der Waals surface area contributed by atoms with Crippen LogP contribution in [-0.2, 0) is 15.1 Å². The molecule has 0 saturated carbocycles. The van der Waals surface area contributed by atoms with Crippen molar-refractivity contribution in [3.8, 4) is 11.5 Å². The van der Waals surface area contributed by atoms with E-state index < -0.39 is 23.9 Å². The highest BCUT2D eigenvalue weighted by Crippen LogP contribution is 2.43. The Kier molecular flexibility index (Phi) is 9.20. The number of H-pyrrole nitrogens is 1. The normalized spacial score (nSPS) is 18.6. The molecule has 0 bridgehead atoms. The Hall–Kier alpha value is -4.51. The molecule has 1 aliphatic heterocycles. The Morgan fingerprint density at radius 1 is 0.977 bits per heavy atom. The number of nitrogens with one attached hydrogen (secondary N) is 1. The molecule has 1 fully saturated rings. The van der Waals surface area contributed by atoms with Gasteiger partial charge < -0.3 is 29.0 Å². The summed E-state index contributed by atoms with van der Waals surface area (Å²) < 4.78 is 24.0. The average Bonchev–Trinajstić information content (AvgIpc) is 3.41. The molecule has 2 N–H and O–H groups in total. The van der Waals surface area contributed by atoms with Crippen molar-refractivity contribution in [3.63, 3.8) is 0 Å². The van der Waals surface area contributed by atoms with Gasteiger partial charge in [0.2, 0.25) is 5.95 Å². The van der Waals surface area contributed by atoms with Crippen LogP contribution < -0.4 is 15.0 Å². The number of aliphatic hydroxyl groups is 1. The fourth-order valence-electron chi connectivity index (χ4n) is 5.22. The number of rotatable bonds is 11. The van der Waals surface area contributed by atoms with E-state index in [0.29, 0.717) is 5.56 Å². The first-order valence-corrected chi connectivity index (χ1v) is 14.0. The molecule has 0 aliphatic carbocycles. The molecule has 0 spiro atoms. The van der Waals surface area contributed by atoms with Crippen molar-refractivity contribution in [3.05, 3.63) is 118 Å². The summed E-state index contributed by atoms with van der Waals surface area (Å²) in [6.45, 7) is 0.0428. The number of hydrogen-bond donors (Lipinski definition) is 2. The number of aromatic nitrogens is 2. The Bertz CT molecular complexity index is 1520. The largest absolute Gasteiger partial charge is 0.497 e. The fourth-order valence-corrected chi connectivity index (χ4v) is 5.22. The number of methoxy groups -OCH3 is 2. The molecule has 0 amide bonds. The van der Waals surface area contributed by atoms with E-state index >= 15 is 0 Å². The van der Waals surface area contributed by atoms with Crippen molar-refractivity contribution in [2.24, 2.45) is 4.99 Å². The predicted octanol–water partition coefficient (Wildman–Crippen LogP) is 4.21. The van der Waals surface area contributed by atoms with Crippen LogP contribution in [0.2, 0.25) is 0 Å². The van der Waals surface area contributed by atoms with Crippen LogP contribution in [0.15, 0.2) is 94.8 Å². The summed E-state index contributed by atoms with van der Waals surface area (Å²) in [7, 11) is 6.89. The molecule has 1 aliphatic rings. The molecule has 10 nitrogen and oxygen atoms in total. The van der Waals surface area contributed by atoms with Crippen LogP contribution in [0.3, 0.4) is 0 Å².